The van der Waals surface area contributed by atoms with Crippen molar-refractivity contribution in [1.29, 1.82) is 0 Å². The van der Waals surface area contributed by atoms with Crippen LogP contribution in [0.4, 0.5) is 5.69 Å². The van der Waals surface area contributed by atoms with Crippen LogP contribution in [0.15, 0.2) is 33.6 Å². The number of rotatable bonds is 4. The second-order valence-corrected chi connectivity index (χ2v) is 11.1. The maximum atomic E-state index is 13.4. The van der Waals surface area contributed by atoms with Crippen LogP contribution >= 0.6 is 15.9 Å². The number of aryl methyl sites for hydroxylation is 5. The van der Waals surface area contributed by atoms with Crippen LogP contribution in [0.25, 0.3) is 0 Å². The van der Waals surface area contributed by atoms with Crippen molar-refractivity contribution in [3.05, 3.63) is 56.6 Å². The molecule has 0 bridgehead atoms. The second kappa shape index (κ2) is 8.81. The van der Waals surface area contributed by atoms with E-state index in [2.05, 4.69) is 21.2 Å². The Morgan fingerprint density at radius 2 is 1.57 bits per heavy atom. The fraction of sp³-hybridized carbons (Fsp3) is 0.435. The molecule has 0 aliphatic carbocycles. The van der Waals surface area contributed by atoms with Crippen molar-refractivity contribution in [2.45, 2.75) is 52.4 Å². The number of piperidine rings is 1. The van der Waals surface area contributed by atoms with Gasteiger partial charge in [0, 0.05) is 23.2 Å². The summed E-state index contributed by atoms with van der Waals surface area (Å²) in [4.78, 5) is 13.4. The molecule has 1 amide bonds. The van der Waals surface area contributed by atoms with Crippen molar-refractivity contribution in [2.75, 3.05) is 18.4 Å². The minimum absolute atomic E-state index is 0.124. The predicted octanol–water partition coefficient (Wildman–Crippen LogP) is 5.03. The minimum atomic E-state index is -3.65. The Labute approximate surface area is 188 Å². The quantitative estimate of drug-likeness (QED) is 0.650. The Kier molecular flexibility index (Phi) is 6.75. The number of hydrogen-bond acceptors (Lipinski definition) is 3. The van der Waals surface area contributed by atoms with E-state index in [0.717, 1.165) is 38.0 Å². The molecule has 1 atom stereocenters. The van der Waals surface area contributed by atoms with Gasteiger partial charge >= 0.3 is 0 Å². The highest BCUT2D eigenvalue weighted by molar-refractivity contribution is 9.10. The highest BCUT2D eigenvalue weighted by Gasteiger charge is 2.35. The van der Waals surface area contributed by atoms with E-state index in [1.165, 1.54) is 4.31 Å². The predicted molar refractivity (Wildman–Crippen MR) is 124 cm³/mol. The molecule has 2 aromatic rings. The number of hydrogen-bond donors (Lipinski definition) is 1. The summed E-state index contributed by atoms with van der Waals surface area (Å²) < 4.78 is 29.2. The molecule has 1 unspecified atom stereocenters. The Bertz CT molecular complexity index is 1050. The lowest BCUT2D eigenvalue weighted by molar-refractivity contribution is -0.120. The summed E-state index contributed by atoms with van der Waals surface area (Å²) in [6.45, 7) is 10.2. The monoisotopic (exact) mass is 492 g/mol. The van der Waals surface area contributed by atoms with Crippen molar-refractivity contribution in [3.63, 3.8) is 0 Å². The first kappa shape index (κ1) is 23.0. The van der Waals surface area contributed by atoms with Gasteiger partial charge in [0.15, 0.2) is 0 Å². The van der Waals surface area contributed by atoms with Crippen molar-refractivity contribution >= 4 is 37.5 Å². The van der Waals surface area contributed by atoms with E-state index in [1.54, 1.807) is 0 Å². The van der Waals surface area contributed by atoms with E-state index >= 15 is 0 Å². The Morgan fingerprint density at radius 3 is 2.13 bits per heavy atom. The fourth-order valence-electron chi connectivity index (χ4n) is 4.41. The van der Waals surface area contributed by atoms with Crippen molar-refractivity contribution in [3.8, 4) is 0 Å². The molecule has 0 spiro atoms. The van der Waals surface area contributed by atoms with E-state index in [-0.39, 0.29) is 18.4 Å². The molecule has 1 saturated heterocycles. The van der Waals surface area contributed by atoms with E-state index in [1.807, 2.05) is 58.9 Å². The lowest BCUT2D eigenvalue weighted by Gasteiger charge is -2.32. The molecular formula is C23H29BrN2O3S. The summed E-state index contributed by atoms with van der Waals surface area (Å²) >= 11 is 3.47. The van der Waals surface area contributed by atoms with Gasteiger partial charge in [0.05, 0.1) is 10.8 Å². The van der Waals surface area contributed by atoms with Crippen molar-refractivity contribution < 1.29 is 13.2 Å². The molecule has 30 heavy (non-hydrogen) atoms. The van der Waals surface area contributed by atoms with Crippen LogP contribution in [0.2, 0.25) is 0 Å². The highest BCUT2D eigenvalue weighted by Crippen LogP contribution is 2.30. The molecule has 1 fully saturated rings. The van der Waals surface area contributed by atoms with Gasteiger partial charge in [-0.05, 0) is 81.8 Å². The number of halogens is 1. The van der Waals surface area contributed by atoms with Crippen LogP contribution in [-0.4, -0.2) is 31.7 Å². The summed E-state index contributed by atoms with van der Waals surface area (Å²) in [5.41, 5.74) is 5.29. The van der Waals surface area contributed by atoms with E-state index in [0.29, 0.717) is 24.3 Å². The zero-order valence-electron chi connectivity index (χ0n) is 18.2. The van der Waals surface area contributed by atoms with Gasteiger partial charge < -0.3 is 5.32 Å². The first-order valence-corrected chi connectivity index (χ1v) is 12.4. The number of nitrogens with one attached hydrogen (secondary N) is 1. The molecule has 2 aromatic carbocycles. The number of nitrogens with zero attached hydrogens (tertiary/aromatic N) is 1. The standard InChI is InChI=1S/C23H29BrN2O3S/c1-14-9-17(4)22(18(5)10-14)30(28,29)26-8-6-7-19(13-26)23(27)25-21-15(2)11-20(24)12-16(21)3/h9-12,19H,6-8,13H2,1-5H3,(H,25,27). The van der Waals surface area contributed by atoms with Gasteiger partial charge in [0.2, 0.25) is 15.9 Å². The van der Waals surface area contributed by atoms with Crippen molar-refractivity contribution in [1.82, 2.24) is 4.31 Å². The molecule has 1 heterocycles. The van der Waals surface area contributed by atoms with Gasteiger partial charge in [0.1, 0.15) is 0 Å². The molecular weight excluding hydrogens is 464 g/mol. The Balaban J connectivity index is 1.83. The summed E-state index contributed by atoms with van der Waals surface area (Å²) in [6.07, 6.45) is 1.35. The van der Waals surface area contributed by atoms with Crippen LogP contribution in [0.1, 0.15) is 40.7 Å². The molecule has 162 valence electrons. The maximum absolute atomic E-state index is 13.4. The topological polar surface area (TPSA) is 66.5 Å². The Hall–Kier alpha value is -1.70. The summed E-state index contributed by atoms with van der Waals surface area (Å²) in [5.74, 6) is -0.497. The first-order valence-electron chi connectivity index (χ1n) is 10.2. The van der Waals surface area contributed by atoms with Crippen LogP contribution in [-0.2, 0) is 14.8 Å². The smallest absolute Gasteiger partial charge is 0.243 e. The molecule has 0 radical (unpaired) electrons. The van der Waals surface area contributed by atoms with Crippen LogP contribution in [0.5, 0.6) is 0 Å². The SMILES string of the molecule is Cc1cc(C)c(S(=O)(=O)N2CCCC(C(=O)Nc3c(C)cc(Br)cc3C)C2)c(C)c1. The van der Waals surface area contributed by atoms with Gasteiger partial charge in [-0.3, -0.25) is 4.79 Å². The lowest BCUT2D eigenvalue weighted by atomic mass is 9.98. The molecule has 5 nitrogen and oxygen atoms in total. The summed E-state index contributed by atoms with van der Waals surface area (Å²) in [5, 5.41) is 3.04. The van der Waals surface area contributed by atoms with Gasteiger partial charge in [-0.25, -0.2) is 8.42 Å². The van der Waals surface area contributed by atoms with E-state index < -0.39 is 10.0 Å². The maximum Gasteiger partial charge on any atom is 0.243 e. The molecule has 7 heteroatoms. The zero-order valence-corrected chi connectivity index (χ0v) is 20.6. The largest absolute Gasteiger partial charge is 0.325 e. The third-order valence-electron chi connectivity index (χ3n) is 5.70. The Morgan fingerprint density at radius 1 is 1.00 bits per heavy atom. The molecule has 3 rings (SSSR count). The number of carbonyl (C=O) groups excluding carboxylic acids is 1. The number of carbonyl (C=O) groups is 1. The van der Waals surface area contributed by atoms with Crippen LogP contribution < -0.4 is 5.32 Å². The zero-order chi connectivity index (χ0) is 22.2. The summed E-state index contributed by atoms with van der Waals surface area (Å²) in [6, 6.07) is 7.71. The molecule has 1 aliphatic heterocycles. The third-order valence-corrected chi connectivity index (χ3v) is 8.33. The average molecular weight is 493 g/mol. The fourth-order valence-corrected chi connectivity index (χ4v) is 7.03. The van der Waals surface area contributed by atoms with Crippen LogP contribution in [0, 0.1) is 40.5 Å². The number of sulfonamides is 1. The van der Waals surface area contributed by atoms with Crippen LogP contribution in [0.3, 0.4) is 0 Å². The van der Waals surface area contributed by atoms with E-state index in [9.17, 15) is 13.2 Å². The molecule has 0 saturated carbocycles. The molecule has 1 N–H and O–H groups in total. The van der Waals surface area contributed by atoms with Gasteiger partial charge in [-0.15, -0.1) is 0 Å². The first-order chi connectivity index (χ1) is 14.0. The molecule has 0 aromatic heterocycles. The third kappa shape index (κ3) is 4.63. The van der Waals surface area contributed by atoms with Gasteiger partial charge in [0.25, 0.3) is 0 Å². The normalized spacial score (nSPS) is 17.7. The number of anilines is 1. The number of amides is 1. The van der Waals surface area contributed by atoms with Gasteiger partial charge in [-0.2, -0.15) is 4.31 Å². The minimum Gasteiger partial charge on any atom is -0.325 e. The van der Waals surface area contributed by atoms with E-state index in [4.69, 9.17) is 0 Å². The number of benzene rings is 2. The molecule has 1 aliphatic rings. The average Bonchev–Trinajstić information content (AvgIpc) is 2.63. The second-order valence-electron chi connectivity index (χ2n) is 8.33. The highest BCUT2D eigenvalue weighted by atomic mass is 79.9. The summed E-state index contributed by atoms with van der Waals surface area (Å²) in [7, 11) is -3.65. The van der Waals surface area contributed by atoms with Crippen molar-refractivity contribution in [2.24, 2.45) is 5.92 Å². The lowest BCUT2D eigenvalue weighted by Crippen LogP contribution is -2.44. The van der Waals surface area contributed by atoms with Gasteiger partial charge in [-0.1, -0.05) is 33.6 Å².